The molecule has 3 saturated heterocycles. The topological polar surface area (TPSA) is 125 Å². The number of rotatable bonds is 17. The Kier molecular flexibility index (Phi) is 12.7. The van der Waals surface area contributed by atoms with Crippen LogP contribution in [0.2, 0.25) is 0 Å². The molecule has 0 saturated carbocycles. The van der Waals surface area contributed by atoms with Crippen molar-refractivity contribution >= 4 is 39.6 Å². The lowest BCUT2D eigenvalue weighted by Crippen LogP contribution is -2.60. The molecule has 0 radical (unpaired) electrons. The summed E-state index contributed by atoms with van der Waals surface area (Å²) in [5, 5.41) is 12.2. The van der Waals surface area contributed by atoms with Gasteiger partial charge in [-0.25, -0.2) is 0 Å². The number of esters is 1. The van der Waals surface area contributed by atoms with Gasteiger partial charge in [-0.1, -0.05) is 71.3 Å². The first-order chi connectivity index (χ1) is 22.8. The number of nitrogens with zero attached hydrogens (tertiary/aromatic N) is 2. The first-order valence-electron chi connectivity index (χ1n) is 17.1. The van der Waals surface area contributed by atoms with Crippen molar-refractivity contribution in [2.45, 2.75) is 113 Å². The fourth-order valence-corrected chi connectivity index (χ4v) is 8.52. The number of fused-ring (bicyclic) bond motifs is 1. The second-order valence-electron chi connectivity index (χ2n) is 14.2. The molecule has 1 aromatic rings. The molecule has 3 aliphatic heterocycles. The van der Waals surface area contributed by atoms with E-state index in [1.807, 2.05) is 51.1 Å². The van der Waals surface area contributed by atoms with Crippen molar-refractivity contribution < 1.29 is 33.8 Å². The van der Waals surface area contributed by atoms with Crippen molar-refractivity contribution in [3.8, 4) is 0 Å². The smallest absolute Gasteiger partial charge is 0.313 e. The Hall–Kier alpha value is -3.02. The number of carbonyl (C=O) groups is 4. The second kappa shape index (κ2) is 16.1. The summed E-state index contributed by atoms with van der Waals surface area (Å²) in [5.41, 5.74) is -1.08. The van der Waals surface area contributed by atoms with Gasteiger partial charge in [0.2, 0.25) is 17.7 Å². The van der Waals surface area contributed by atoms with Crippen molar-refractivity contribution in [3.05, 3.63) is 61.2 Å². The number of likely N-dealkylation sites (tertiary alicyclic amines) is 1. The van der Waals surface area contributed by atoms with E-state index in [2.05, 4.69) is 34.4 Å². The fourth-order valence-electron chi connectivity index (χ4n) is 7.58. The van der Waals surface area contributed by atoms with Gasteiger partial charge in [-0.05, 0) is 58.9 Å². The van der Waals surface area contributed by atoms with Gasteiger partial charge in [0.1, 0.15) is 17.7 Å². The maximum Gasteiger partial charge on any atom is 0.313 e. The maximum absolute atomic E-state index is 14.6. The number of ether oxygens (including phenoxy) is 2. The molecular weight excluding hydrogens is 678 g/mol. The van der Waals surface area contributed by atoms with E-state index in [-0.39, 0.29) is 35.6 Å². The Labute approximate surface area is 293 Å². The van der Waals surface area contributed by atoms with Gasteiger partial charge in [0.25, 0.3) is 0 Å². The number of carbonyl (C=O) groups excluding carboxylic acids is 4. The number of allylic oxidation sites excluding steroid dienone is 1. The summed E-state index contributed by atoms with van der Waals surface area (Å²) in [6, 6.07) is 7.72. The van der Waals surface area contributed by atoms with Crippen molar-refractivity contribution in [3.63, 3.8) is 0 Å². The average Bonchev–Trinajstić information content (AvgIpc) is 3.63. The van der Waals surface area contributed by atoms with Crippen LogP contribution in [-0.2, 0) is 28.7 Å². The van der Waals surface area contributed by atoms with Crippen LogP contribution < -0.4 is 5.32 Å². The maximum atomic E-state index is 14.6. The fraction of sp³-hybridized carbons (Fsp3) is 0.622. The van der Waals surface area contributed by atoms with E-state index in [0.29, 0.717) is 44.3 Å². The molecule has 1 aromatic carbocycles. The number of hydrogen-bond donors (Lipinski definition) is 2. The lowest BCUT2D eigenvalue weighted by Gasteiger charge is -2.42. The third kappa shape index (κ3) is 7.73. The minimum Gasteiger partial charge on any atom is -0.455 e. The van der Waals surface area contributed by atoms with E-state index in [0.717, 1.165) is 12.8 Å². The lowest BCUT2D eigenvalue weighted by molar-refractivity contribution is -0.162. The summed E-state index contributed by atoms with van der Waals surface area (Å²) in [6.07, 6.45) is 5.91. The summed E-state index contributed by atoms with van der Waals surface area (Å²) in [5.74, 6) is -3.17. The van der Waals surface area contributed by atoms with Gasteiger partial charge in [0.05, 0.1) is 24.0 Å². The summed E-state index contributed by atoms with van der Waals surface area (Å²) < 4.78 is 13.0. The van der Waals surface area contributed by atoms with Crippen LogP contribution in [0.25, 0.3) is 0 Å². The van der Waals surface area contributed by atoms with Crippen LogP contribution in [0.15, 0.2) is 55.6 Å². The molecule has 264 valence electrons. The van der Waals surface area contributed by atoms with Crippen molar-refractivity contribution in [1.82, 2.24) is 15.1 Å². The molecule has 3 heterocycles. The minimum atomic E-state index is -1.22. The van der Waals surface area contributed by atoms with Gasteiger partial charge >= 0.3 is 5.97 Å². The van der Waals surface area contributed by atoms with Gasteiger partial charge < -0.3 is 29.7 Å². The molecule has 10 nitrogen and oxygen atoms in total. The van der Waals surface area contributed by atoms with Crippen molar-refractivity contribution in [1.29, 1.82) is 0 Å². The molecule has 3 aliphatic rings. The number of aliphatic hydroxyl groups excluding tert-OH is 1. The summed E-state index contributed by atoms with van der Waals surface area (Å²) in [7, 11) is 0. The predicted octanol–water partition coefficient (Wildman–Crippen LogP) is 4.86. The Morgan fingerprint density at radius 3 is 2.48 bits per heavy atom. The molecule has 8 atom stereocenters. The van der Waals surface area contributed by atoms with Crippen LogP contribution in [0.3, 0.4) is 0 Å². The summed E-state index contributed by atoms with van der Waals surface area (Å²) in [4.78, 5) is 59.2. The van der Waals surface area contributed by atoms with Crippen LogP contribution in [0.5, 0.6) is 0 Å². The van der Waals surface area contributed by atoms with Gasteiger partial charge in [-0.2, -0.15) is 0 Å². The van der Waals surface area contributed by atoms with Gasteiger partial charge in [0, 0.05) is 36.5 Å². The van der Waals surface area contributed by atoms with Crippen LogP contribution in [-0.4, -0.2) is 92.4 Å². The quantitative estimate of drug-likeness (QED) is 0.102. The molecule has 1 spiro atoms. The second-order valence-corrected chi connectivity index (χ2v) is 15.4. The molecule has 48 heavy (non-hydrogen) atoms. The summed E-state index contributed by atoms with van der Waals surface area (Å²) >= 11 is 3.74. The number of amides is 3. The standard InChI is InChI=1S/C37H52BrN3O7/c1-7-9-19-27(43)39-24(3)30(25-17-13-12-14-18-25)47-35(46)28-29-33(44)40(21-15-10-11-16-22-42)32(37(29)23-26(38)31(28)48-37)34(45)41(20-8-2)36(4,5)6/h7-8,12-14,17-18,24,26,28-32,42H,1-2,9-11,15-16,19-23H2,3-6H3,(H,39,43)/t24-,26?,28-,29+,30-,31-,32-,37+/m1/s1. The molecule has 3 fully saturated rings. The number of aliphatic hydroxyl groups is 1. The SMILES string of the molecule is C=CCCC(=O)N[C@H](C)[C@@H](OC(=O)[C@H]1[C@@H]2O[C@@]3(CC2Br)[C@@H]1C(=O)N(CCCCCCO)[C@@H]3C(=O)N(CC=C)C(C)(C)C)c1ccccc1. The molecule has 11 heteroatoms. The zero-order valence-electron chi connectivity index (χ0n) is 28.7. The molecule has 1 unspecified atom stereocenters. The minimum absolute atomic E-state index is 0.101. The van der Waals surface area contributed by atoms with E-state index in [9.17, 15) is 24.3 Å². The predicted molar refractivity (Wildman–Crippen MR) is 187 cm³/mol. The highest BCUT2D eigenvalue weighted by Crippen LogP contribution is 2.60. The first-order valence-corrected chi connectivity index (χ1v) is 18.0. The molecule has 4 rings (SSSR count). The van der Waals surface area contributed by atoms with E-state index in [1.165, 1.54) is 0 Å². The largest absolute Gasteiger partial charge is 0.455 e. The Morgan fingerprint density at radius 2 is 1.85 bits per heavy atom. The monoisotopic (exact) mass is 729 g/mol. The van der Waals surface area contributed by atoms with E-state index < -0.39 is 53.2 Å². The lowest BCUT2D eigenvalue weighted by atomic mass is 9.70. The summed E-state index contributed by atoms with van der Waals surface area (Å²) in [6.45, 7) is 15.9. The van der Waals surface area contributed by atoms with E-state index >= 15 is 0 Å². The number of unbranched alkanes of at least 4 members (excludes halogenated alkanes) is 3. The van der Waals surface area contributed by atoms with Crippen molar-refractivity contribution in [2.75, 3.05) is 19.7 Å². The Bertz CT molecular complexity index is 1330. The molecule has 3 amide bonds. The van der Waals surface area contributed by atoms with Gasteiger partial charge in [-0.15, -0.1) is 13.2 Å². The highest BCUT2D eigenvalue weighted by molar-refractivity contribution is 9.09. The molecule has 2 bridgehead atoms. The van der Waals surface area contributed by atoms with Crippen LogP contribution in [0.4, 0.5) is 0 Å². The number of hydrogen-bond acceptors (Lipinski definition) is 7. The van der Waals surface area contributed by atoms with Gasteiger partial charge in [-0.3, -0.25) is 19.2 Å². The number of alkyl halides is 1. The molecule has 0 aromatic heterocycles. The van der Waals surface area contributed by atoms with E-state index in [1.54, 1.807) is 28.9 Å². The highest BCUT2D eigenvalue weighted by Gasteiger charge is 2.77. The zero-order chi connectivity index (χ0) is 35.2. The van der Waals surface area contributed by atoms with Crippen LogP contribution in [0.1, 0.15) is 84.3 Å². The first kappa shape index (κ1) is 37.8. The average molecular weight is 731 g/mol. The van der Waals surface area contributed by atoms with Crippen LogP contribution >= 0.6 is 15.9 Å². The van der Waals surface area contributed by atoms with Crippen molar-refractivity contribution in [2.24, 2.45) is 11.8 Å². The molecular formula is C37H52BrN3O7. The Morgan fingerprint density at radius 1 is 1.17 bits per heavy atom. The van der Waals surface area contributed by atoms with E-state index in [4.69, 9.17) is 9.47 Å². The molecule has 0 aliphatic carbocycles. The molecule has 2 N–H and O–H groups in total. The Balaban J connectivity index is 1.69. The number of benzene rings is 1. The third-order valence-corrected chi connectivity index (χ3v) is 10.6. The number of halogens is 1. The number of nitrogens with one attached hydrogen (secondary N) is 1. The van der Waals surface area contributed by atoms with Crippen LogP contribution in [0, 0.1) is 11.8 Å². The third-order valence-electron chi connectivity index (χ3n) is 9.78. The highest BCUT2D eigenvalue weighted by atomic mass is 79.9. The zero-order valence-corrected chi connectivity index (χ0v) is 30.3. The normalized spacial score (nSPS) is 27.2. The van der Waals surface area contributed by atoms with Gasteiger partial charge in [0.15, 0.2) is 0 Å².